The highest BCUT2D eigenvalue weighted by molar-refractivity contribution is 9.09. The number of carboxylic acids is 2. The molecule has 0 unspecified atom stereocenters. The zero-order valence-electron chi connectivity index (χ0n) is 85.5. The van der Waals surface area contributed by atoms with E-state index in [-0.39, 0.29) is 98.3 Å². The second-order valence-corrected chi connectivity index (χ2v) is 36.8. The highest BCUT2D eigenvalue weighted by atomic mass is 79.9. The van der Waals surface area contributed by atoms with E-state index in [9.17, 15) is 57.8 Å². The van der Waals surface area contributed by atoms with E-state index >= 15 is 0 Å². The van der Waals surface area contributed by atoms with Crippen molar-refractivity contribution in [2.45, 2.75) is 368 Å². The minimum atomic E-state index is -0.921. The fourth-order valence-corrected chi connectivity index (χ4v) is 17.0. The molecular formula is C112H177Br2N3O21. The smallest absolute Gasteiger partial charge is 0.407 e. The van der Waals surface area contributed by atoms with Crippen LogP contribution in [0.1, 0.15) is 384 Å². The van der Waals surface area contributed by atoms with E-state index in [1.807, 2.05) is 54.4 Å². The predicted octanol–water partition coefficient (Wildman–Crippen LogP) is 25.7. The van der Waals surface area contributed by atoms with E-state index in [1.54, 1.807) is 6.92 Å². The summed E-state index contributed by atoms with van der Waals surface area (Å²) in [5, 5.41) is 26.7. The number of unbranched alkanes of at least 4 members (excludes halogenated alkanes) is 29. The van der Waals surface area contributed by atoms with E-state index in [4.69, 9.17) is 43.0 Å². The Kier molecular flexibility index (Phi) is 80.2. The molecule has 6 rings (SSSR count). The molecule has 0 radical (unpaired) electrons. The average molecular weight is 2060 g/mol. The molecule has 5 N–H and O–H groups in total. The molecule has 4 aromatic carbocycles. The number of hydrogen-bond donors (Lipinski definition) is 5. The van der Waals surface area contributed by atoms with Crippen molar-refractivity contribution < 1.29 is 101 Å². The lowest BCUT2D eigenvalue weighted by Crippen LogP contribution is -2.40. The number of carboxylic acid groups (broad SMARTS) is 2. The summed E-state index contributed by atoms with van der Waals surface area (Å²) in [6.45, 7) is 17.7. The van der Waals surface area contributed by atoms with Gasteiger partial charge in [-0.2, -0.15) is 0 Å². The Hall–Kier alpha value is -7.43. The number of carbonyl (C=O) groups excluding carboxylic acids is 9. The van der Waals surface area contributed by atoms with E-state index in [2.05, 4.69) is 124 Å². The third-order valence-electron chi connectivity index (χ3n) is 24.7. The highest BCUT2D eigenvalue weighted by Crippen LogP contribution is 2.46. The van der Waals surface area contributed by atoms with Gasteiger partial charge in [0, 0.05) is 95.4 Å². The Morgan fingerprint density at radius 3 is 1.05 bits per heavy atom. The van der Waals surface area contributed by atoms with Crippen molar-refractivity contribution >= 4 is 96.6 Å². The number of Topliss-reactive ketones (excluding diaryl/α,β-unsaturated/α-hetero) is 6. The first-order valence-corrected chi connectivity index (χ1v) is 55.3. The van der Waals surface area contributed by atoms with Gasteiger partial charge >= 0.3 is 24.1 Å². The number of nitrogens with one attached hydrogen (secondary N) is 3. The lowest BCUT2D eigenvalue weighted by molar-refractivity contribution is -0.144. The first-order chi connectivity index (χ1) is 67.2. The molecule has 780 valence electrons. The molecule has 3 atom stereocenters. The van der Waals surface area contributed by atoms with Crippen LogP contribution >= 0.6 is 31.9 Å². The number of amides is 3. The molecule has 2 aliphatic rings. The molecule has 0 aromatic heterocycles. The Bertz CT molecular complexity index is 3790. The normalized spacial score (nSPS) is 12.2. The molecule has 0 heterocycles. The van der Waals surface area contributed by atoms with Gasteiger partial charge < -0.3 is 64.1 Å². The van der Waals surface area contributed by atoms with Crippen LogP contribution < -0.4 is 16.0 Å². The maximum absolute atomic E-state index is 12.4. The number of hydrogen-bond acceptors (Lipinski definition) is 19. The molecule has 0 spiro atoms. The summed E-state index contributed by atoms with van der Waals surface area (Å²) in [6.07, 6.45) is 46.8. The van der Waals surface area contributed by atoms with Crippen LogP contribution in [0.15, 0.2) is 97.1 Å². The van der Waals surface area contributed by atoms with Crippen LogP contribution in [-0.2, 0) is 81.0 Å². The lowest BCUT2D eigenvalue weighted by atomic mass is 9.91. The molecule has 0 saturated heterocycles. The number of fused-ring (bicyclic) bond motifs is 6. The first-order valence-electron chi connectivity index (χ1n) is 52.6. The number of rotatable bonds is 83. The molecule has 26 heteroatoms. The average Bonchev–Trinajstić information content (AvgIpc) is 1.62. The minimum absolute atomic E-state index is 0.0222. The molecule has 0 bridgehead atoms. The number of halogens is 2. The van der Waals surface area contributed by atoms with E-state index in [1.165, 1.54) is 193 Å². The van der Waals surface area contributed by atoms with Crippen LogP contribution in [0.25, 0.3) is 22.3 Å². The van der Waals surface area contributed by atoms with Crippen molar-refractivity contribution in [1.29, 1.82) is 0 Å². The number of carbonyl (C=O) groups is 11. The Morgan fingerprint density at radius 2 is 0.652 bits per heavy atom. The van der Waals surface area contributed by atoms with Gasteiger partial charge in [0.2, 0.25) is 5.91 Å². The molecule has 138 heavy (non-hydrogen) atoms. The van der Waals surface area contributed by atoms with Crippen LogP contribution in [0.2, 0.25) is 0 Å². The molecular weight excluding hydrogens is 1880 g/mol. The van der Waals surface area contributed by atoms with E-state index < -0.39 is 36.1 Å². The van der Waals surface area contributed by atoms with Crippen molar-refractivity contribution in [3.8, 4) is 22.3 Å². The summed E-state index contributed by atoms with van der Waals surface area (Å²) in [7, 11) is 0. The lowest BCUT2D eigenvalue weighted by Gasteiger charge is -2.18. The number of aliphatic carboxylic acids is 2. The second kappa shape index (κ2) is 87.4. The van der Waals surface area contributed by atoms with Gasteiger partial charge in [-0.05, 0) is 116 Å². The summed E-state index contributed by atoms with van der Waals surface area (Å²) in [6, 6.07) is 32.4. The third-order valence-corrected chi connectivity index (χ3v) is 25.4. The second-order valence-electron chi connectivity index (χ2n) is 36.3. The first kappa shape index (κ1) is 127. The standard InChI is InChI=1S/C41H74BrNO10.C25H48O2.C23H27NO3.C22H25NO6.CH3Br/c1-2-3-4-5-6-7-8-9-10-11-12-13-14-20-38(45)34-36(41(48)49)19-15-16-25-43-40(47)24-29-53-33-31-50-26-17-21-37(44)23-28-52-32-30-51-27-18-22-39(46)35-42;1-4-6-8-9-10-11-12-13-14-15-16-17-19-21-25(27)22-24(23(3)26)20-18-7-5-2;1-3-4-5-14-22(16(2)25)24-23(26)27-15-21-19-12-8-6-10-17(19)18-11-7-9-13-20(18)21;24-21(25)9-11-27-13-14-28-12-10-23-22(26)29-15-20-18-7-3-1-5-16(18)17-6-2-4-8-19(17)20;1-2/h36H,2-35H2,1H3,(H,43,47)(H,48,49);24H,4-22H2,1-3H3;6-13,21-22H,3-5,14-15H2,1-2H3,(H,24,26);1-8,20H,9-15H2,(H,23,26)(H,24,25);1H3/t36-;24-;22-;;/m110../s1. The van der Waals surface area contributed by atoms with E-state index in [0.29, 0.717) is 167 Å². The number of benzene rings is 4. The molecule has 24 nitrogen and oxygen atoms in total. The van der Waals surface area contributed by atoms with Gasteiger partial charge in [0.1, 0.15) is 42.1 Å². The van der Waals surface area contributed by atoms with Gasteiger partial charge in [-0.25, -0.2) is 9.59 Å². The SMILES string of the molecule is CBr.CCCCCCCCCCCCCCCC(=O)C[C@@H](CCCCC)C(C)=O.CCCCCCCCCCCCCCCC(=O)C[C@@H](CCCCNC(=O)CCOCCOCCCC(=O)CCOCCOCCCC(=O)CBr)C(=O)O.CCCCC[C@H](NC(=O)OCC1c2ccccc2-c2ccccc21)C(C)=O.O=C(O)CCOCCOCCNC(=O)OCC1c2ccccc2-c2ccccc21. The molecule has 3 amide bonds. The van der Waals surface area contributed by atoms with Gasteiger partial charge in [0.05, 0.1) is 89.8 Å². The minimum Gasteiger partial charge on any atom is -0.481 e. The van der Waals surface area contributed by atoms with Gasteiger partial charge in [-0.15, -0.1) is 0 Å². The van der Waals surface area contributed by atoms with Gasteiger partial charge in [-0.3, -0.25) is 43.2 Å². The third kappa shape index (κ3) is 64.2. The van der Waals surface area contributed by atoms with Crippen LogP contribution in [-0.4, -0.2) is 198 Å². The zero-order valence-corrected chi connectivity index (χ0v) is 88.7. The van der Waals surface area contributed by atoms with E-state index in [0.717, 1.165) is 70.6 Å². The molecule has 4 aromatic rings. The summed E-state index contributed by atoms with van der Waals surface area (Å²) in [5.41, 5.74) is 9.48. The summed E-state index contributed by atoms with van der Waals surface area (Å²) in [5.74, 6) is 0.0542. The Morgan fingerprint density at radius 1 is 0.319 bits per heavy atom. The maximum atomic E-state index is 12.4. The number of alkyl halides is 2. The fraction of sp³-hybridized carbons (Fsp3) is 0.688. The maximum Gasteiger partial charge on any atom is 0.407 e. The summed E-state index contributed by atoms with van der Waals surface area (Å²) >= 11 is 6.07. The largest absolute Gasteiger partial charge is 0.481 e. The van der Waals surface area contributed by atoms with Gasteiger partial charge in [0.25, 0.3) is 0 Å². The summed E-state index contributed by atoms with van der Waals surface area (Å²) < 4.78 is 43.2. The summed E-state index contributed by atoms with van der Waals surface area (Å²) in [4.78, 5) is 130. The Labute approximate surface area is 845 Å². The fourth-order valence-electron chi connectivity index (χ4n) is 16.7. The topological polar surface area (TPSA) is 338 Å². The van der Waals surface area contributed by atoms with Crippen molar-refractivity contribution in [3.63, 3.8) is 0 Å². The highest BCUT2D eigenvalue weighted by Gasteiger charge is 2.32. The molecule has 0 fully saturated rings. The van der Waals surface area contributed by atoms with Crippen LogP contribution in [0, 0.1) is 11.8 Å². The molecule has 2 aliphatic carbocycles. The van der Waals surface area contributed by atoms with Crippen molar-refractivity contribution in [2.75, 3.05) is 117 Å². The van der Waals surface area contributed by atoms with Crippen LogP contribution in [0.3, 0.4) is 0 Å². The molecule has 0 aliphatic heterocycles. The predicted molar refractivity (Wildman–Crippen MR) is 560 cm³/mol. The zero-order chi connectivity index (χ0) is 101. The van der Waals surface area contributed by atoms with Gasteiger partial charge in [0.15, 0.2) is 5.78 Å². The number of alkyl carbamates (subject to hydrolysis) is 2. The van der Waals surface area contributed by atoms with Crippen LogP contribution in [0.5, 0.6) is 0 Å². The monoisotopic (exact) mass is 2060 g/mol. The number of ketones is 6. The molecule has 0 saturated carbocycles. The van der Waals surface area contributed by atoms with Crippen molar-refractivity contribution in [3.05, 3.63) is 119 Å². The number of ether oxygens (including phenoxy) is 8. The van der Waals surface area contributed by atoms with Crippen molar-refractivity contribution in [2.24, 2.45) is 11.8 Å². The van der Waals surface area contributed by atoms with Crippen LogP contribution in [0.4, 0.5) is 9.59 Å². The van der Waals surface area contributed by atoms with Crippen molar-refractivity contribution in [1.82, 2.24) is 16.0 Å². The Balaban J connectivity index is 0.000000648. The quantitative estimate of drug-likeness (QED) is 0.0202. The van der Waals surface area contributed by atoms with Gasteiger partial charge in [-0.1, -0.05) is 356 Å².